The van der Waals surface area contributed by atoms with Crippen LogP contribution >= 0.6 is 23.2 Å². The molecule has 0 saturated heterocycles. The van der Waals surface area contributed by atoms with Gasteiger partial charge < -0.3 is 0 Å². The molecule has 19 heavy (non-hydrogen) atoms. The van der Waals surface area contributed by atoms with Crippen molar-refractivity contribution in [2.24, 2.45) is 0 Å². The first-order chi connectivity index (χ1) is 9.06. The minimum absolute atomic E-state index is 0.163. The molecule has 0 unspecified atom stereocenters. The first-order valence-corrected chi connectivity index (χ1v) is 6.16. The molecule has 2 aromatic heterocycles. The average Bonchev–Trinajstić information content (AvgIpc) is 2.70. The van der Waals surface area contributed by atoms with E-state index < -0.39 is 0 Å². The molecule has 0 aliphatic rings. The fourth-order valence-electron chi connectivity index (χ4n) is 1.82. The molecular formula is C12H7Cl2FN4. The molecule has 0 radical (unpaired) electrons. The Morgan fingerprint density at radius 3 is 2.74 bits per heavy atom. The molecule has 2 heterocycles. The van der Waals surface area contributed by atoms with Crippen molar-refractivity contribution in [2.45, 2.75) is 6.92 Å². The van der Waals surface area contributed by atoms with Gasteiger partial charge in [-0.3, -0.25) is 0 Å². The molecule has 0 N–H and O–H groups in total. The number of rotatable bonds is 1. The summed E-state index contributed by atoms with van der Waals surface area (Å²) in [7, 11) is 0. The third-order valence-electron chi connectivity index (χ3n) is 2.61. The predicted octanol–water partition coefficient (Wildman–Crippen LogP) is 3.55. The van der Waals surface area contributed by atoms with E-state index in [1.54, 1.807) is 19.1 Å². The van der Waals surface area contributed by atoms with Crippen LogP contribution in [-0.2, 0) is 0 Å². The number of aromatic nitrogens is 4. The molecule has 0 saturated carbocycles. The Hall–Kier alpha value is -1.72. The zero-order valence-corrected chi connectivity index (χ0v) is 11.2. The molecule has 0 spiro atoms. The number of nitrogens with zero attached hydrogens (tertiary/aromatic N) is 4. The molecule has 0 fully saturated rings. The van der Waals surface area contributed by atoms with Gasteiger partial charge in [0.05, 0.1) is 5.56 Å². The van der Waals surface area contributed by atoms with Crippen molar-refractivity contribution in [3.8, 4) is 11.1 Å². The van der Waals surface area contributed by atoms with Gasteiger partial charge in [-0.1, -0.05) is 35.3 Å². The van der Waals surface area contributed by atoms with Crippen LogP contribution in [0.15, 0.2) is 24.3 Å². The van der Waals surface area contributed by atoms with Crippen LogP contribution in [-0.4, -0.2) is 19.6 Å². The van der Waals surface area contributed by atoms with E-state index in [0.29, 0.717) is 22.7 Å². The van der Waals surface area contributed by atoms with Crippen LogP contribution in [0, 0.1) is 12.7 Å². The standard InChI is InChI=1S/C12H7Cl2FN4/c1-6-16-12-17-10(13)9(11(14)19(12)18-6)7-3-2-4-8(15)5-7/h2-5H,1H3. The predicted molar refractivity (Wildman–Crippen MR) is 70.9 cm³/mol. The lowest BCUT2D eigenvalue weighted by Gasteiger charge is -2.07. The number of benzene rings is 1. The van der Waals surface area contributed by atoms with Crippen molar-refractivity contribution < 1.29 is 4.39 Å². The third kappa shape index (κ3) is 2.05. The van der Waals surface area contributed by atoms with Crippen molar-refractivity contribution in [3.05, 3.63) is 46.2 Å². The van der Waals surface area contributed by atoms with E-state index >= 15 is 0 Å². The third-order valence-corrected chi connectivity index (χ3v) is 3.23. The highest BCUT2D eigenvalue weighted by molar-refractivity contribution is 6.38. The zero-order valence-electron chi connectivity index (χ0n) is 9.73. The SMILES string of the molecule is Cc1nc2nc(Cl)c(-c3cccc(F)c3)c(Cl)n2n1. The van der Waals surface area contributed by atoms with Gasteiger partial charge in [0.15, 0.2) is 0 Å². The summed E-state index contributed by atoms with van der Waals surface area (Å²) in [5, 5.41) is 4.53. The number of hydrogen-bond donors (Lipinski definition) is 0. The van der Waals surface area contributed by atoms with Crippen molar-refractivity contribution >= 4 is 29.0 Å². The van der Waals surface area contributed by atoms with Crippen LogP contribution in [0.5, 0.6) is 0 Å². The summed E-state index contributed by atoms with van der Waals surface area (Å²) in [4.78, 5) is 8.20. The number of halogens is 3. The quantitative estimate of drug-likeness (QED) is 0.645. The zero-order chi connectivity index (χ0) is 13.6. The fourth-order valence-corrected chi connectivity index (χ4v) is 2.46. The molecule has 1 aromatic carbocycles. The minimum atomic E-state index is -0.375. The Kier molecular flexibility index (Phi) is 2.88. The molecule has 96 valence electrons. The van der Waals surface area contributed by atoms with Crippen molar-refractivity contribution in [1.29, 1.82) is 0 Å². The Bertz CT molecular complexity index is 785. The summed E-state index contributed by atoms with van der Waals surface area (Å²) in [5.41, 5.74) is 0.970. The first kappa shape index (κ1) is 12.3. The summed E-state index contributed by atoms with van der Waals surface area (Å²) >= 11 is 12.4. The fraction of sp³-hybridized carbons (Fsp3) is 0.0833. The molecular weight excluding hydrogens is 290 g/mol. The van der Waals surface area contributed by atoms with E-state index in [1.165, 1.54) is 16.6 Å². The summed E-state index contributed by atoms with van der Waals surface area (Å²) in [5.74, 6) is 0.467. The van der Waals surface area contributed by atoms with Gasteiger partial charge in [-0.25, -0.2) is 4.39 Å². The Morgan fingerprint density at radius 1 is 1.21 bits per heavy atom. The number of aryl methyl sites for hydroxylation is 1. The van der Waals surface area contributed by atoms with Gasteiger partial charge in [-0.2, -0.15) is 14.5 Å². The highest BCUT2D eigenvalue weighted by atomic mass is 35.5. The second-order valence-corrected chi connectivity index (χ2v) is 4.67. The highest BCUT2D eigenvalue weighted by Gasteiger charge is 2.16. The van der Waals surface area contributed by atoms with Gasteiger partial charge >= 0.3 is 0 Å². The lowest BCUT2D eigenvalue weighted by atomic mass is 10.1. The second-order valence-electron chi connectivity index (χ2n) is 3.95. The van der Waals surface area contributed by atoms with E-state index in [0.717, 1.165) is 0 Å². The molecule has 3 aromatic rings. The van der Waals surface area contributed by atoms with Crippen LogP contribution in [0.1, 0.15) is 5.82 Å². The van der Waals surface area contributed by atoms with Gasteiger partial charge in [-0.15, -0.1) is 5.10 Å². The van der Waals surface area contributed by atoms with Crippen LogP contribution in [0.2, 0.25) is 10.3 Å². The molecule has 0 bridgehead atoms. The smallest absolute Gasteiger partial charge is 0.207 e. The summed E-state index contributed by atoms with van der Waals surface area (Å²) in [6, 6.07) is 5.96. The number of fused-ring (bicyclic) bond motifs is 1. The van der Waals surface area contributed by atoms with Crippen LogP contribution in [0.25, 0.3) is 16.9 Å². The van der Waals surface area contributed by atoms with Crippen molar-refractivity contribution in [2.75, 3.05) is 0 Å². The maximum absolute atomic E-state index is 13.3. The molecule has 0 atom stereocenters. The Balaban J connectivity index is 2.34. The maximum Gasteiger partial charge on any atom is 0.255 e. The molecule has 0 aliphatic heterocycles. The van der Waals surface area contributed by atoms with E-state index in [9.17, 15) is 4.39 Å². The lowest BCUT2D eigenvalue weighted by Crippen LogP contribution is -1.97. The van der Waals surface area contributed by atoms with Gasteiger partial charge in [-0.05, 0) is 24.6 Å². The molecule has 3 rings (SSSR count). The van der Waals surface area contributed by atoms with E-state index in [2.05, 4.69) is 15.1 Å². The topological polar surface area (TPSA) is 43.1 Å². The lowest BCUT2D eigenvalue weighted by molar-refractivity contribution is 0.628. The van der Waals surface area contributed by atoms with E-state index in [-0.39, 0.29) is 16.1 Å². The number of hydrogen-bond acceptors (Lipinski definition) is 3. The monoisotopic (exact) mass is 296 g/mol. The van der Waals surface area contributed by atoms with Crippen LogP contribution in [0.4, 0.5) is 4.39 Å². The largest absolute Gasteiger partial charge is 0.255 e. The van der Waals surface area contributed by atoms with Crippen LogP contribution in [0.3, 0.4) is 0 Å². The Morgan fingerprint density at radius 2 is 2.00 bits per heavy atom. The van der Waals surface area contributed by atoms with E-state index in [1.807, 2.05) is 0 Å². The second kappa shape index (κ2) is 4.43. The summed E-state index contributed by atoms with van der Waals surface area (Å²) < 4.78 is 14.7. The molecule has 0 aliphatic carbocycles. The molecule has 0 amide bonds. The maximum atomic E-state index is 13.3. The van der Waals surface area contributed by atoms with Gasteiger partial charge in [0.25, 0.3) is 5.78 Å². The summed E-state index contributed by atoms with van der Waals surface area (Å²) in [6.45, 7) is 1.72. The average molecular weight is 297 g/mol. The van der Waals surface area contributed by atoms with Crippen molar-refractivity contribution in [1.82, 2.24) is 19.6 Å². The van der Waals surface area contributed by atoms with Gasteiger partial charge in [0, 0.05) is 0 Å². The van der Waals surface area contributed by atoms with Gasteiger partial charge in [0.2, 0.25) is 0 Å². The van der Waals surface area contributed by atoms with Crippen LogP contribution < -0.4 is 0 Å². The normalized spacial score (nSPS) is 11.2. The highest BCUT2D eigenvalue weighted by Crippen LogP contribution is 2.33. The summed E-state index contributed by atoms with van der Waals surface area (Å²) in [6.07, 6.45) is 0. The molecule has 7 heteroatoms. The first-order valence-electron chi connectivity index (χ1n) is 5.40. The van der Waals surface area contributed by atoms with Crippen molar-refractivity contribution in [3.63, 3.8) is 0 Å². The van der Waals surface area contributed by atoms with Gasteiger partial charge in [0.1, 0.15) is 21.9 Å². The van der Waals surface area contributed by atoms with E-state index in [4.69, 9.17) is 23.2 Å². The Labute approximate surface area is 117 Å². The molecule has 4 nitrogen and oxygen atoms in total. The minimum Gasteiger partial charge on any atom is -0.207 e.